The van der Waals surface area contributed by atoms with Crippen molar-refractivity contribution in [2.75, 3.05) is 10.9 Å². The second-order valence-corrected chi connectivity index (χ2v) is 8.63. The summed E-state index contributed by atoms with van der Waals surface area (Å²) in [7, 11) is -4.15. The molecule has 6 heteroatoms. The zero-order chi connectivity index (χ0) is 21.8. The Morgan fingerprint density at radius 1 is 0.806 bits per heavy atom. The highest BCUT2D eigenvalue weighted by molar-refractivity contribution is 7.93. The van der Waals surface area contributed by atoms with Crippen molar-refractivity contribution in [3.8, 4) is 5.75 Å². The number of nitrogens with zero attached hydrogens (tertiary/aromatic N) is 1. The Labute approximate surface area is 181 Å². The summed E-state index contributed by atoms with van der Waals surface area (Å²) < 4.78 is 33.5. The van der Waals surface area contributed by atoms with Crippen LogP contribution in [0.25, 0.3) is 10.8 Å². The van der Waals surface area contributed by atoms with Crippen LogP contribution in [-0.2, 0) is 10.0 Å². The lowest BCUT2D eigenvalue weighted by atomic mass is 10.0. The van der Waals surface area contributed by atoms with E-state index in [0.717, 1.165) is 9.69 Å². The molecular weight excluding hydrogens is 410 g/mol. The molecule has 31 heavy (non-hydrogen) atoms. The Hall–Kier alpha value is -3.64. The van der Waals surface area contributed by atoms with Gasteiger partial charge in [-0.25, -0.2) is 8.42 Å². The fourth-order valence-electron chi connectivity index (χ4n) is 3.43. The summed E-state index contributed by atoms with van der Waals surface area (Å²) in [6.07, 6.45) is 0. The Morgan fingerprint density at radius 2 is 1.45 bits per heavy atom. The molecule has 0 heterocycles. The van der Waals surface area contributed by atoms with E-state index in [1.165, 1.54) is 12.1 Å². The lowest BCUT2D eigenvalue weighted by molar-refractivity contribution is 0.101. The first-order valence-electron chi connectivity index (χ1n) is 9.87. The molecule has 0 atom stereocenters. The number of amides is 1. The van der Waals surface area contributed by atoms with Crippen molar-refractivity contribution in [3.63, 3.8) is 0 Å². The van der Waals surface area contributed by atoms with Crippen LogP contribution in [0.3, 0.4) is 0 Å². The van der Waals surface area contributed by atoms with E-state index in [1.807, 2.05) is 37.3 Å². The van der Waals surface area contributed by atoms with Gasteiger partial charge in [-0.05, 0) is 60.2 Å². The van der Waals surface area contributed by atoms with E-state index in [0.29, 0.717) is 23.3 Å². The lowest BCUT2D eigenvalue weighted by Crippen LogP contribution is -2.37. The highest BCUT2D eigenvalue weighted by Crippen LogP contribution is 2.30. The molecule has 5 nitrogen and oxygen atoms in total. The molecule has 0 spiro atoms. The van der Waals surface area contributed by atoms with E-state index in [1.54, 1.807) is 54.6 Å². The van der Waals surface area contributed by atoms with Gasteiger partial charge in [0, 0.05) is 5.56 Å². The molecule has 4 aromatic rings. The van der Waals surface area contributed by atoms with E-state index < -0.39 is 15.9 Å². The lowest BCUT2D eigenvalue weighted by Gasteiger charge is -2.23. The Morgan fingerprint density at radius 3 is 2.16 bits per heavy atom. The average molecular weight is 432 g/mol. The number of ether oxygens (including phenoxy) is 1. The molecule has 0 saturated carbocycles. The van der Waals surface area contributed by atoms with Gasteiger partial charge < -0.3 is 4.74 Å². The molecule has 0 aliphatic carbocycles. The minimum atomic E-state index is -4.15. The van der Waals surface area contributed by atoms with Crippen LogP contribution in [-0.4, -0.2) is 20.9 Å². The van der Waals surface area contributed by atoms with Crippen molar-refractivity contribution in [1.29, 1.82) is 0 Å². The predicted octanol–water partition coefficient (Wildman–Crippen LogP) is 5.27. The normalized spacial score (nSPS) is 11.3. The summed E-state index contributed by atoms with van der Waals surface area (Å²) in [6.45, 7) is 2.35. The first-order valence-corrected chi connectivity index (χ1v) is 11.3. The molecule has 156 valence electrons. The third kappa shape index (κ3) is 4.02. The zero-order valence-electron chi connectivity index (χ0n) is 16.9. The SMILES string of the molecule is CCOc1ccc(N(C(=O)c2cccc3ccccc23)S(=O)(=O)c2ccccc2)cc1. The molecule has 0 saturated heterocycles. The highest BCUT2D eigenvalue weighted by atomic mass is 32.2. The van der Waals surface area contributed by atoms with Crippen LogP contribution in [0.5, 0.6) is 5.75 Å². The van der Waals surface area contributed by atoms with Crippen molar-refractivity contribution < 1.29 is 17.9 Å². The topological polar surface area (TPSA) is 63.7 Å². The van der Waals surface area contributed by atoms with Gasteiger partial charge in [0.25, 0.3) is 15.9 Å². The van der Waals surface area contributed by atoms with Gasteiger partial charge in [0.15, 0.2) is 0 Å². The Kier molecular flexibility index (Phi) is 5.73. The maximum atomic E-state index is 13.7. The van der Waals surface area contributed by atoms with Crippen molar-refractivity contribution >= 4 is 32.4 Å². The number of fused-ring (bicyclic) bond motifs is 1. The minimum absolute atomic E-state index is 0.0393. The molecule has 1 amide bonds. The summed E-state index contributed by atoms with van der Waals surface area (Å²) in [6, 6.07) is 27.1. The molecule has 0 radical (unpaired) electrons. The number of benzene rings is 4. The number of carbonyl (C=O) groups excluding carboxylic acids is 1. The fourth-order valence-corrected chi connectivity index (χ4v) is 4.86. The molecule has 0 bridgehead atoms. The maximum Gasteiger partial charge on any atom is 0.272 e. The van der Waals surface area contributed by atoms with Gasteiger partial charge in [-0.2, -0.15) is 4.31 Å². The molecule has 4 aromatic carbocycles. The summed E-state index contributed by atoms with van der Waals surface area (Å²) in [5.41, 5.74) is 0.553. The predicted molar refractivity (Wildman–Crippen MR) is 122 cm³/mol. The van der Waals surface area contributed by atoms with Crippen molar-refractivity contribution in [2.24, 2.45) is 0 Å². The number of hydrogen-bond donors (Lipinski definition) is 0. The summed E-state index contributed by atoms with van der Waals surface area (Å²) in [4.78, 5) is 13.7. The van der Waals surface area contributed by atoms with Gasteiger partial charge in [-0.15, -0.1) is 0 Å². The molecule has 0 aliphatic heterocycles. The third-order valence-corrected chi connectivity index (χ3v) is 6.59. The van der Waals surface area contributed by atoms with Crippen molar-refractivity contribution in [3.05, 3.63) is 103 Å². The van der Waals surface area contributed by atoms with Gasteiger partial charge >= 0.3 is 0 Å². The van der Waals surface area contributed by atoms with Crippen LogP contribution in [0.1, 0.15) is 17.3 Å². The maximum absolute atomic E-state index is 13.7. The Bertz CT molecular complexity index is 1310. The second kappa shape index (κ2) is 8.62. The number of rotatable bonds is 6. The molecule has 0 N–H and O–H groups in total. The number of carbonyl (C=O) groups is 1. The number of sulfonamides is 1. The van der Waals surface area contributed by atoms with Gasteiger partial charge in [0.1, 0.15) is 5.75 Å². The van der Waals surface area contributed by atoms with E-state index >= 15 is 0 Å². The molecular formula is C25H21NO4S. The van der Waals surface area contributed by atoms with Gasteiger partial charge in [0.2, 0.25) is 0 Å². The van der Waals surface area contributed by atoms with E-state index in [9.17, 15) is 13.2 Å². The number of anilines is 1. The molecule has 0 aromatic heterocycles. The monoisotopic (exact) mass is 431 g/mol. The smallest absolute Gasteiger partial charge is 0.272 e. The van der Waals surface area contributed by atoms with E-state index in [2.05, 4.69) is 0 Å². The summed E-state index contributed by atoms with van der Waals surface area (Å²) in [5, 5.41) is 1.55. The van der Waals surface area contributed by atoms with Crippen LogP contribution in [0, 0.1) is 0 Å². The van der Waals surface area contributed by atoms with Crippen LogP contribution < -0.4 is 9.04 Å². The molecule has 4 rings (SSSR count). The first-order chi connectivity index (χ1) is 15.0. The van der Waals surface area contributed by atoms with Crippen molar-refractivity contribution in [2.45, 2.75) is 11.8 Å². The van der Waals surface area contributed by atoms with Crippen molar-refractivity contribution in [1.82, 2.24) is 0 Å². The average Bonchev–Trinajstić information content (AvgIpc) is 2.80. The van der Waals surface area contributed by atoms with Crippen LogP contribution in [0.15, 0.2) is 102 Å². The largest absolute Gasteiger partial charge is 0.494 e. The molecule has 0 unspecified atom stereocenters. The van der Waals surface area contributed by atoms with E-state index in [4.69, 9.17) is 4.74 Å². The van der Waals surface area contributed by atoms with Gasteiger partial charge in [-0.3, -0.25) is 4.79 Å². The quantitative estimate of drug-likeness (QED) is 0.417. The highest BCUT2D eigenvalue weighted by Gasteiger charge is 2.32. The molecule has 0 fully saturated rings. The standard InChI is InChI=1S/C25H21NO4S/c1-2-30-21-17-15-20(16-18-21)26(31(28,29)22-11-4-3-5-12-22)25(27)24-14-8-10-19-9-6-7-13-23(19)24/h3-18H,2H2,1H3. The Balaban J connectivity index is 1.89. The van der Waals surface area contributed by atoms with Gasteiger partial charge in [-0.1, -0.05) is 54.6 Å². The summed E-state index contributed by atoms with van der Waals surface area (Å²) in [5.74, 6) is -0.0225. The van der Waals surface area contributed by atoms with Crippen LogP contribution in [0.2, 0.25) is 0 Å². The van der Waals surface area contributed by atoms with Gasteiger partial charge in [0.05, 0.1) is 17.2 Å². The van der Waals surface area contributed by atoms with Crippen LogP contribution >= 0.6 is 0 Å². The molecule has 0 aliphatic rings. The van der Waals surface area contributed by atoms with E-state index in [-0.39, 0.29) is 10.6 Å². The van der Waals surface area contributed by atoms with Crippen LogP contribution in [0.4, 0.5) is 5.69 Å². The summed E-state index contributed by atoms with van der Waals surface area (Å²) >= 11 is 0. The first kappa shape index (κ1) is 20.6. The number of hydrogen-bond acceptors (Lipinski definition) is 4. The minimum Gasteiger partial charge on any atom is -0.494 e. The second-order valence-electron chi connectivity index (χ2n) is 6.84. The fraction of sp³-hybridized carbons (Fsp3) is 0.0800. The zero-order valence-corrected chi connectivity index (χ0v) is 17.7. The third-order valence-electron chi connectivity index (χ3n) is 4.87.